The van der Waals surface area contributed by atoms with Crippen molar-refractivity contribution in [1.29, 1.82) is 0 Å². The van der Waals surface area contributed by atoms with E-state index in [-0.39, 0.29) is 0 Å². The fraction of sp³-hybridized carbons (Fsp3) is 0.250. The number of nitrogens with zero attached hydrogens (tertiary/aromatic N) is 2. The first-order chi connectivity index (χ1) is 8.90. The van der Waals surface area contributed by atoms with Crippen LogP contribution >= 0.6 is 59.4 Å². The van der Waals surface area contributed by atoms with Crippen molar-refractivity contribution in [1.82, 2.24) is 9.78 Å². The van der Waals surface area contributed by atoms with Crippen molar-refractivity contribution in [2.45, 2.75) is 13.5 Å². The average molecular weight is 473 g/mol. The van der Waals surface area contributed by atoms with Crippen molar-refractivity contribution in [3.05, 3.63) is 42.0 Å². The lowest BCUT2D eigenvalue weighted by Gasteiger charge is -2.10. The molecule has 1 heterocycles. The molecule has 0 amide bonds. The van der Waals surface area contributed by atoms with Gasteiger partial charge >= 0.3 is 0 Å². The van der Waals surface area contributed by atoms with Gasteiger partial charge in [0.1, 0.15) is 17.5 Å². The van der Waals surface area contributed by atoms with Crippen LogP contribution in [0.5, 0.6) is 5.75 Å². The number of hydrogen-bond donors (Lipinski definition) is 0. The molecule has 1 aromatic carbocycles. The number of aryl methyl sites for hydroxylation is 2. The SMILES string of the molecule is Cc1nn(C)c(Cl)c1COc1c(Br)cc(Br)cc1Br. The quantitative estimate of drug-likeness (QED) is 0.609. The maximum absolute atomic E-state index is 6.17. The molecule has 1 aromatic heterocycles. The van der Waals surface area contributed by atoms with E-state index >= 15 is 0 Å². The summed E-state index contributed by atoms with van der Waals surface area (Å²) in [5.74, 6) is 0.738. The summed E-state index contributed by atoms with van der Waals surface area (Å²) in [6.07, 6.45) is 0. The van der Waals surface area contributed by atoms with Crippen LogP contribution in [0, 0.1) is 6.92 Å². The van der Waals surface area contributed by atoms with Gasteiger partial charge in [-0.15, -0.1) is 0 Å². The highest BCUT2D eigenvalue weighted by molar-refractivity contribution is 9.11. The molecule has 0 spiro atoms. The minimum absolute atomic E-state index is 0.372. The predicted octanol–water partition coefficient (Wildman–Crippen LogP) is 5.25. The van der Waals surface area contributed by atoms with E-state index in [1.54, 1.807) is 4.68 Å². The Morgan fingerprint density at radius 3 is 2.32 bits per heavy atom. The largest absolute Gasteiger partial charge is 0.486 e. The topological polar surface area (TPSA) is 27.1 Å². The minimum atomic E-state index is 0.372. The monoisotopic (exact) mass is 470 g/mol. The first-order valence-electron chi connectivity index (χ1n) is 5.35. The molecule has 102 valence electrons. The van der Waals surface area contributed by atoms with Crippen LogP contribution in [-0.2, 0) is 13.7 Å². The van der Waals surface area contributed by atoms with E-state index in [4.69, 9.17) is 16.3 Å². The summed E-state index contributed by atoms with van der Waals surface area (Å²) in [6.45, 7) is 2.29. The summed E-state index contributed by atoms with van der Waals surface area (Å²) in [6, 6.07) is 3.86. The molecule has 0 aliphatic rings. The molecule has 7 heteroatoms. The Morgan fingerprint density at radius 2 is 1.84 bits per heavy atom. The maximum atomic E-state index is 6.17. The van der Waals surface area contributed by atoms with E-state index in [0.29, 0.717) is 11.8 Å². The Bertz CT molecular complexity index is 605. The molecule has 2 rings (SSSR count). The number of aromatic nitrogens is 2. The molecule has 0 fully saturated rings. The first-order valence-corrected chi connectivity index (χ1v) is 8.11. The third-order valence-corrected chi connectivity index (χ3v) is 4.70. The highest BCUT2D eigenvalue weighted by atomic mass is 79.9. The molecule has 0 aliphatic heterocycles. The van der Waals surface area contributed by atoms with Crippen molar-refractivity contribution in [2.75, 3.05) is 0 Å². The lowest BCUT2D eigenvalue weighted by molar-refractivity contribution is 0.301. The van der Waals surface area contributed by atoms with Crippen molar-refractivity contribution >= 4 is 59.4 Å². The van der Waals surface area contributed by atoms with Gasteiger partial charge < -0.3 is 4.74 Å². The highest BCUT2D eigenvalue weighted by Gasteiger charge is 2.14. The fourth-order valence-corrected chi connectivity index (χ4v) is 4.37. The molecule has 0 unspecified atom stereocenters. The van der Waals surface area contributed by atoms with E-state index in [1.165, 1.54) is 0 Å². The molecular weight excluding hydrogens is 463 g/mol. The predicted molar refractivity (Wildman–Crippen MR) is 86.8 cm³/mol. The van der Waals surface area contributed by atoms with Gasteiger partial charge in [-0.3, -0.25) is 4.68 Å². The van der Waals surface area contributed by atoms with Crippen LogP contribution in [0.25, 0.3) is 0 Å². The average Bonchev–Trinajstić information content (AvgIpc) is 2.53. The van der Waals surface area contributed by atoms with E-state index in [0.717, 1.165) is 30.4 Å². The molecule has 0 atom stereocenters. The Balaban J connectivity index is 2.24. The third-order valence-electron chi connectivity index (χ3n) is 2.59. The van der Waals surface area contributed by atoms with Gasteiger partial charge in [0.15, 0.2) is 0 Å². The standard InChI is InChI=1S/C12H10Br3ClN2O/c1-6-8(12(16)18(2)17-6)5-19-11-9(14)3-7(13)4-10(11)15/h3-4H,5H2,1-2H3. The molecule has 0 N–H and O–H groups in total. The highest BCUT2D eigenvalue weighted by Crippen LogP contribution is 2.37. The van der Waals surface area contributed by atoms with Gasteiger partial charge in [0.2, 0.25) is 0 Å². The number of ether oxygens (including phenoxy) is 1. The second-order valence-corrected chi connectivity index (χ2v) is 6.95. The zero-order valence-electron chi connectivity index (χ0n) is 10.2. The molecular formula is C12H10Br3ClN2O. The minimum Gasteiger partial charge on any atom is -0.486 e. The van der Waals surface area contributed by atoms with E-state index < -0.39 is 0 Å². The van der Waals surface area contributed by atoms with Gasteiger partial charge in [0.25, 0.3) is 0 Å². The summed E-state index contributed by atoms with van der Waals surface area (Å²) >= 11 is 16.5. The van der Waals surface area contributed by atoms with Gasteiger partial charge in [-0.1, -0.05) is 27.5 Å². The van der Waals surface area contributed by atoms with Crippen LogP contribution in [0.4, 0.5) is 0 Å². The molecule has 0 saturated heterocycles. The zero-order chi connectivity index (χ0) is 14.2. The maximum Gasteiger partial charge on any atom is 0.148 e. The first kappa shape index (κ1) is 15.4. The van der Waals surface area contributed by atoms with Gasteiger partial charge in [-0.25, -0.2) is 0 Å². The molecule has 2 aromatic rings. The summed E-state index contributed by atoms with van der Waals surface area (Å²) in [5.41, 5.74) is 1.77. The smallest absolute Gasteiger partial charge is 0.148 e. The summed E-state index contributed by atoms with van der Waals surface area (Å²) < 4.78 is 10.2. The van der Waals surface area contributed by atoms with Crippen LogP contribution in [-0.4, -0.2) is 9.78 Å². The van der Waals surface area contributed by atoms with Crippen molar-refractivity contribution < 1.29 is 4.74 Å². The Morgan fingerprint density at radius 1 is 1.26 bits per heavy atom. The second-order valence-electron chi connectivity index (χ2n) is 3.97. The van der Waals surface area contributed by atoms with Crippen LogP contribution in [0.15, 0.2) is 25.6 Å². The van der Waals surface area contributed by atoms with Crippen LogP contribution in [0.3, 0.4) is 0 Å². The Hall–Kier alpha value is -0.0400. The van der Waals surface area contributed by atoms with Crippen molar-refractivity contribution in [2.24, 2.45) is 7.05 Å². The molecule has 0 bridgehead atoms. The number of benzene rings is 1. The van der Waals surface area contributed by atoms with Gasteiger partial charge in [0, 0.05) is 17.1 Å². The molecule has 0 radical (unpaired) electrons. The summed E-state index contributed by atoms with van der Waals surface area (Å²) in [4.78, 5) is 0. The van der Waals surface area contributed by atoms with Gasteiger partial charge in [0.05, 0.1) is 14.6 Å². The van der Waals surface area contributed by atoms with E-state index in [9.17, 15) is 0 Å². The van der Waals surface area contributed by atoms with Gasteiger partial charge in [-0.05, 0) is 50.9 Å². The van der Waals surface area contributed by atoms with E-state index in [1.807, 2.05) is 26.1 Å². The molecule has 3 nitrogen and oxygen atoms in total. The molecule has 0 aliphatic carbocycles. The van der Waals surface area contributed by atoms with Crippen LogP contribution in [0.2, 0.25) is 5.15 Å². The fourth-order valence-electron chi connectivity index (χ4n) is 1.65. The van der Waals surface area contributed by atoms with E-state index in [2.05, 4.69) is 52.9 Å². The van der Waals surface area contributed by atoms with Crippen LogP contribution in [0.1, 0.15) is 11.3 Å². The summed E-state index contributed by atoms with van der Waals surface area (Å²) in [7, 11) is 1.81. The van der Waals surface area contributed by atoms with Crippen LogP contribution < -0.4 is 4.74 Å². The number of halogens is 4. The zero-order valence-corrected chi connectivity index (χ0v) is 15.7. The number of rotatable bonds is 3. The second kappa shape index (κ2) is 6.16. The lowest BCUT2D eigenvalue weighted by atomic mass is 10.3. The van der Waals surface area contributed by atoms with Crippen molar-refractivity contribution in [3.63, 3.8) is 0 Å². The Kier molecular flexibility index (Phi) is 4.98. The van der Waals surface area contributed by atoms with Crippen molar-refractivity contribution in [3.8, 4) is 5.75 Å². The Labute approximate surface area is 141 Å². The number of hydrogen-bond acceptors (Lipinski definition) is 2. The molecule has 19 heavy (non-hydrogen) atoms. The lowest BCUT2D eigenvalue weighted by Crippen LogP contribution is -1.98. The normalized spacial score (nSPS) is 10.8. The summed E-state index contributed by atoms with van der Waals surface area (Å²) in [5, 5.41) is 4.85. The third kappa shape index (κ3) is 3.35. The molecule has 0 saturated carbocycles. The van der Waals surface area contributed by atoms with Gasteiger partial charge in [-0.2, -0.15) is 5.10 Å².